The quantitative estimate of drug-likeness (QED) is 0.622. The molecule has 7 heteroatoms. The van der Waals surface area contributed by atoms with Crippen molar-refractivity contribution in [2.45, 2.75) is 13.3 Å². The molecule has 26 heavy (non-hydrogen) atoms. The van der Waals surface area contributed by atoms with E-state index in [1.54, 1.807) is 4.90 Å². The molecule has 0 aromatic heterocycles. The van der Waals surface area contributed by atoms with E-state index in [0.717, 1.165) is 12.5 Å². The van der Waals surface area contributed by atoms with E-state index in [1.165, 1.54) is 17.7 Å². The first-order chi connectivity index (χ1) is 12.5. The zero-order chi connectivity index (χ0) is 18.7. The predicted molar refractivity (Wildman–Crippen MR) is 97.0 cm³/mol. The fourth-order valence-electron chi connectivity index (χ4n) is 3.13. The molecule has 0 aliphatic carbocycles. The van der Waals surface area contributed by atoms with Crippen molar-refractivity contribution < 1.29 is 14.1 Å². The summed E-state index contributed by atoms with van der Waals surface area (Å²) in [5.41, 5.74) is 1.95. The summed E-state index contributed by atoms with van der Waals surface area (Å²) in [7, 11) is 0. The number of carbonyl (C=O) groups excluding carboxylic acids is 1. The third-order valence-corrected chi connectivity index (χ3v) is 4.65. The van der Waals surface area contributed by atoms with Gasteiger partial charge >= 0.3 is 0 Å². The van der Waals surface area contributed by atoms with E-state index >= 15 is 0 Å². The number of hydrogen-bond acceptors (Lipinski definition) is 4. The summed E-state index contributed by atoms with van der Waals surface area (Å²) in [5.74, 6) is -0.675. The number of nitrogens with zero attached hydrogens (tertiary/aromatic N) is 3. The van der Waals surface area contributed by atoms with Crippen molar-refractivity contribution >= 4 is 17.3 Å². The molecule has 0 radical (unpaired) electrons. The van der Waals surface area contributed by atoms with E-state index in [-0.39, 0.29) is 11.6 Å². The zero-order valence-corrected chi connectivity index (χ0v) is 14.5. The Hall–Kier alpha value is -2.96. The monoisotopic (exact) mass is 357 g/mol. The highest BCUT2D eigenvalue weighted by Crippen LogP contribution is 2.29. The highest BCUT2D eigenvalue weighted by Gasteiger charge is 2.26. The summed E-state index contributed by atoms with van der Waals surface area (Å²) >= 11 is 0. The van der Waals surface area contributed by atoms with Crippen molar-refractivity contribution in [1.82, 2.24) is 4.90 Å². The molecule has 2 aromatic rings. The Kier molecular flexibility index (Phi) is 5.16. The van der Waals surface area contributed by atoms with Crippen LogP contribution in [0.1, 0.15) is 22.8 Å². The number of carbonyl (C=O) groups is 1. The van der Waals surface area contributed by atoms with Gasteiger partial charge in [-0.15, -0.1) is 0 Å². The maximum Gasteiger partial charge on any atom is 0.295 e. The van der Waals surface area contributed by atoms with Crippen molar-refractivity contribution in [3.8, 4) is 0 Å². The molecule has 136 valence electrons. The molecular formula is C19H20FN3O3. The SMILES string of the molecule is CCc1ccc(C(=O)N2CCN(c3ccc(F)cc3[N+](=O)[O-])CC2)cc1. The van der Waals surface area contributed by atoms with Crippen LogP contribution in [0.5, 0.6) is 0 Å². The summed E-state index contributed by atoms with van der Waals surface area (Å²) in [4.78, 5) is 26.8. The van der Waals surface area contributed by atoms with Crippen molar-refractivity contribution in [2.24, 2.45) is 0 Å². The minimum atomic E-state index is -0.634. The first-order valence-electron chi connectivity index (χ1n) is 8.56. The molecule has 0 unspecified atom stereocenters. The Bertz CT molecular complexity index is 815. The normalized spacial score (nSPS) is 14.4. The zero-order valence-electron chi connectivity index (χ0n) is 14.5. The number of benzene rings is 2. The van der Waals surface area contributed by atoms with E-state index < -0.39 is 10.7 Å². The molecule has 0 saturated carbocycles. The molecule has 1 saturated heterocycles. The lowest BCUT2D eigenvalue weighted by Crippen LogP contribution is -2.49. The molecule has 1 amide bonds. The fraction of sp³-hybridized carbons (Fsp3) is 0.316. The van der Waals surface area contributed by atoms with Gasteiger partial charge in [-0.1, -0.05) is 19.1 Å². The molecule has 1 aliphatic heterocycles. The van der Waals surface area contributed by atoms with Crippen LogP contribution in [0.25, 0.3) is 0 Å². The summed E-state index contributed by atoms with van der Waals surface area (Å²) in [6, 6.07) is 11.1. The van der Waals surface area contributed by atoms with Crippen LogP contribution in [0, 0.1) is 15.9 Å². The van der Waals surface area contributed by atoms with Crippen LogP contribution >= 0.6 is 0 Å². The largest absolute Gasteiger partial charge is 0.362 e. The molecule has 0 atom stereocenters. The second kappa shape index (κ2) is 7.51. The number of anilines is 1. The van der Waals surface area contributed by atoms with E-state index in [0.29, 0.717) is 37.4 Å². The minimum absolute atomic E-state index is 0.0408. The van der Waals surface area contributed by atoms with Crippen molar-refractivity contribution in [1.29, 1.82) is 0 Å². The smallest absolute Gasteiger partial charge is 0.295 e. The van der Waals surface area contributed by atoms with E-state index in [9.17, 15) is 19.3 Å². The van der Waals surface area contributed by atoms with Gasteiger partial charge in [0.2, 0.25) is 0 Å². The van der Waals surface area contributed by atoms with Gasteiger partial charge in [-0.05, 0) is 36.2 Å². The van der Waals surface area contributed by atoms with Gasteiger partial charge in [-0.2, -0.15) is 0 Å². The molecule has 0 N–H and O–H groups in total. The third-order valence-electron chi connectivity index (χ3n) is 4.65. The first-order valence-corrected chi connectivity index (χ1v) is 8.56. The predicted octanol–water partition coefficient (Wildman–Crippen LogP) is 3.26. The second-order valence-corrected chi connectivity index (χ2v) is 6.22. The molecule has 0 spiro atoms. The summed E-state index contributed by atoms with van der Waals surface area (Å²) in [6.45, 7) is 3.91. The summed E-state index contributed by atoms with van der Waals surface area (Å²) < 4.78 is 13.3. The maximum atomic E-state index is 13.3. The summed E-state index contributed by atoms with van der Waals surface area (Å²) in [6.07, 6.45) is 0.920. The Morgan fingerprint density at radius 3 is 2.35 bits per heavy atom. The van der Waals surface area contributed by atoms with Crippen LogP contribution in [0.2, 0.25) is 0 Å². The lowest BCUT2D eigenvalue weighted by atomic mass is 10.1. The van der Waals surface area contributed by atoms with Gasteiger partial charge in [-0.25, -0.2) is 4.39 Å². The number of nitro benzene ring substituents is 1. The lowest BCUT2D eigenvalue weighted by molar-refractivity contribution is -0.384. The molecule has 1 heterocycles. The Balaban J connectivity index is 1.69. The van der Waals surface area contributed by atoms with Crippen molar-refractivity contribution in [2.75, 3.05) is 31.1 Å². The van der Waals surface area contributed by atoms with Crippen LogP contribution in [-0.2, 0) is 6.42 Å². The van der Waals surface area contributed by atoms with Gasteiger partial charge in [0.05, 0.1) is 11.0 Å². The average molecular weight is 357 g/mol. The third kappa shape index (κ3) is 3.66. The number of piperazine rings is 1. The van der Waals surface area contributed by atoms with Gasteiger partial charge in [0.25, 0.3) is 11.6 Å². The number of hydrogen-bond donors (Lipinski definition) is 0. The molecular weight excluding hydrogens is 337 g/mol. The number of amides is 1. The van der Waals surface area contributed by atoms with E-state index in [2.05, 4.69) is 6.92 Å². The highest BCUT2D eigenvalue weighted by atomic mass is 19.1. The number of rotatable bonds is 4. The Morgan fingerprint density at radius 2 is 1.77 bits per heavy atom. The van der Waals surface area contributed by atoms with Gasteiger partial charge in [-0.3, -0.25) is 14.9 Å². The first kappa shape index (κ1) is 17.8. The second-order valence-electron chi connectivity index (χ2n) is 6.22. The molecule has 1 fully saturated rings. The van der Waals surface area contributed by atoms with Gasteiger partial charge < -0.3 is 9.80 Å². The Labute approximate surface area is 151 Å². The molecule has 0 bridgehead atoms. The molecule has 6 nitrogen and oxygen atoms in total. The Morgan fingerprint density at radius 1 is 1.12 bits per heavy atom. The van der Waals surface area contributed by atoms with Crippen LogP contribution < -0.4 is 4.90 Å². The standard InChI is InChI=1S/C19H20FN3O3/c1-2-14-3-5-15(6-4-14)19(24)22-11-9-21(10-12-22)17-8-7-16(20)13-18(17)23(25)26/h3-8,13H,2,9-12H2,1H3. The molecule has 3 rings (SSSR count). The van der Waals surface area contributed by atoms with Gasteiger partial charge in [0, 0.05) is 31.7 Å². The van der Waals surface area contributed by atoms with Crippen LogP contribution in [-0.4, -0.2) is 41.9 Å². The summed E-state index contributed by atoms with van der Waals surface area (Å²) in [5, 5.41) is 11.2. The topological polar surface area (TPSA) is 66.7 Å². The van der Waals surface area contributed by atoms with E-state index in [4.69, 9.17) is 0 Å². The van der Waals surface area contributed by atoms with E-state index in [1.807, 2.05) is 29.2 Å². The highest BCUT2D eigenvalue weighted by molar-refractivity contribution is 5.94. The van der Waals surface area contributed by atoms with Crippen molar-refractivity contribution in [3.63, 3.8) is 0 Å². The van der Waals surface area contributed by atoms with Crippen LogP contribution in [0.4, 0.5) is 15.8 Å². The van der Waals surface area contributed by atoms with Crippen LogP contribution in [0.3, 0.4) is 0 Å². The number of aryl methyl sites for hydroxylation is 1. The van der Waals surface area contributed by atoms with Crippen molar-refractivity contribution in [3.05, 3.63) is 69.5 Å². The van der Waals surface area contributed by atoms with Gasteiger partial charge in [0.15, 0.2) is 0 Å². The maximum absolute atomic E-state index is 13.3. The minimum Gasteiger partial charge on any atom is -0.362 e. The number of nitro groups is 1. The molecule has 2 aromatic carbocycles. The van der Waals surface area contributed by atoms with Gasteiger partial charge in [0.1, 0.15) is 11.5 Å². The number of halogens is 1. The molecule has 1 aliphatic rings. The van der Waals surface area contributed by atoms with Crippen LogP contribution in [0.15, 0.2) is 42.5 Å². The lowest BCUT2D eigenvalue weighted by Gasteiger charge is -2.35. The average Bonchev–Trinajstić information content (AvgIpc) is 2.67. The fourth-order valence-corrected chi connectivity index (χ4v) is 3.13.